The second kappa shape index (κ2) is 7.19. The molecule has 1 fully saturated rings. The third kappa shape index (κ3) is 4.04. The predicted molar refractivity (Wildman–Crippen MR) is 80.3 cm³/mol. The lowest BCUT2D eigenvalue weighted by molar-refractivity contribution is -0.143. The molecule has 122 valence electrons. The minimum absolute atomic E-state index is 0.0315. The number of nitrogens with zero attached hydrogens (tertiary/aromatic N) is 2. The van der Waals surface area contributed by atoms with E-state index in [-0.39, 0.29) is 32.8 Å². The average Bonchev–Trinajstić information content (AvgIpc) is 2.74. The minimum Gasteiger partial charge on any atom is -0.481 e. The first-order valence-corrected chi connectivity index (χ1v) is 8.37. The summed E-state index contributed by atoms with van der Waals surface area (Å²) in [5.74, 6) is -1.89. The molecule has 1 aliphatic rings. The topological polar surface area (TPSA) is 87.2 Å². The van der Waals surface area contributed by atoms with Gasteiger partial charge in [-0.2, -0.15) is 17.0 Å². The van der Waals surface area contributed by atoms with Crippen LogP contribution in [0.5, 0.6) is 0 Å². The van der Waals surface area contributed by atoms with E-state index in [9.17, 15) is 13.2 Å². The molecule has 0 aromatic heterocycles. The molecule has 1 atom stereocenters. The van der Waals surface area contributed by atoms with Crippen LogP contribution in [-0.4, -0.2) is 61.5 Å². The second-order valence-electron chi connectivity index (χ2n) is 5.22. The summed E-state index contributed by atoms with van der Waals surface area (Å²) in [6.45, 7) is 0.548. The molecule has 1 aromatic carbocycles. The molecular weight excluding hydrogens is 308 g/mol. The number of hydrogen-bond acceptors (Lipinski definition) is 4. The van der Waals surface area contributed by atoms with Gasteiger partial charge in [0.25, 0.3) is 10.2 Å². The van der Waals surface area contributed by atoms with Gasteiger partial charge in [0.2, 0.25) is 0 Å². The fourth-order valence-electron chi connectivity index (χ4n) is 2.26. The standard InChI is InChI=1S/C14H20N2O5S/c1-15(9-12-5-3-2-4-6-12)22(19,20)16-7-8-21-11-13(10-16)14(17)18/h2-6,13H,7-11H2,1H3,(H,17,18). The zero-order valence-corrected chi connectivity index (χ0v) is 13.2. The molecule has 7 nitrogen and oxygen atoms in total. The van der Waals surface area contributed by atoms with Gasteiger partial charge >= 0.3 is 5.97 Å². The average molecular weight is 328 g/mol. The Hall–Kier alpha value is -1.48. The van der Waals surface area contributed by atoms with Crippen LogP contribution in [0.15, 0.2) is 30.3 Å². The van der Waals surface area contributed by atoms with E-state index in [1.54, 1.807) is 0 Å². The highest BCUT2D eigenvalue weighted by Gasteiger charge is 2.33. The van der Waals surface area contributed by atoms with Gasteiger partial charge in [-0.25, -0.2) is 0 Å². The van der Waals surface area contributed by atoms with Crippen LogP contribution in [0.3, 0.4) is 0 Å². The Morgan fingerprint density at radius 2 is 2.09 bits per heavy atom. The maximum absolute atomic E-state index is 12.6. The molecular formula is C14H20N2O5S. The molecule has 0 amide bonds. The zero-order valence-electron chi connectivity index (χ0n) is 12.4. The first-order valence-electron chi connectivity index (χ1n) is 6.97. The van der Waals surface area contributed by atoms with E-state index in [1.807, 2.05) is 30.3 Å². The minimum atomic E-state index is -3.73. The monoisotopic (exact) mass is 328 g/mol. The highest BCUT2D eigenvalue weighted by atomic mass is 32.2. The van der Waals surface area contributed by atoms with Crippen molar-refractivity contribution < 1.29 is 23.1 Å². The predicted octanol–water partition coefficient (Wildman–Crippen LogP) is 0.396. The number of carbonyl (C=O) groups is 1. The van der Waals surface area contributed by atoms with Crippen molar-refractivity contribution >= 4 is 16.2 Å². The third-order valence-corrected chi connectivity index (χ3v) is 5.45. The highest BCUT2D eigenvalue weighted by Crippen LogP contribution is 2.16. The fraction of sp³-hybridized carbons (Fsp3) is 0.500. The maximum Gasteiger partial charge on any atom is 0.310 e. The van der Waals surface area contributed by atoms with Gasteiger partial charge in [-0.1, -0.05) is 30.3 Å². The van der Waals surface area contributed by atoms with Crippen LogP contribution in [0, 0.1) is 5.92 Å². The molecule has 1 saturated heterocycles. The van der Waals surface area contributed by atoms with Crippen LogP contribution in [-0.2, 0) is 26.3 Å². The van der Waals surface area contributed by atoms with Crippen molar-refractivity contribution in [2.75, 3.05) is 33.4 Å². The van der Waals surface area contributed by atoms with E-state index in [0.29, 0.717) is 0 Å². The number of benzene rings is 1. The van der Waals surface area contributed by atoms with Crippen molar-refractivity contribution in [3.05, 3.63) is 35.9 Å². The van der Waals surface area contributed by atoms with Crippen molar-refractivity contribution in [1.82, 2.24) is 8.61 Å². The van der Waals surface area contributed by atoms with E-state index in [0.717, 1.165) is 5.56 Å². The number of ether oxygens (including phenoxy) is 1. The number of hydrogen-bond donors (Lipinski definition) is 1. The largest absolute Gasteiger partial charge is 0.481 e. The second-order valence-corrected chi connectivity index (χ2v) is 7.25. The molecule has 8 heteroatoms. The number of aliphatic carboxylic acids is 1. The summed E-state index contributed by atoms with van der Waals surface area (Å²) in [4.78, 5) is 11.1. The number of carboxylic acids is 1. The SMILES string of the molecule is CN(Cc1ccccc1)S(=O)(=O)N1CCOCC(C(=O)O)C1. The van der Waals surface area contributed by atoms with E-state index in [1.165, 1.54) is 15.7 Å². The van der Waals surface area contributed by atoms with Gasteiger partial charge in [-0.15, -0.1) is 0 Å². The summed E-state index contributed by atoms with van der Waals surface area (Å²) in [7, 11) is -2.24. The van der Waals surface area contributed by atoms with Crippen LogP contribution >= 0.6 is 0 Å². The lowest BCUT2D eigenvalue weighted by Gasteiger charge is -2.27. The van der Waals surface area contributed by atoms with Gasteiger partial charge in [0.05, 0.1) is 19.1 Å². The Balaban J connectivity index is 2.12. The first kappa shape index (κ1) is 16.9. The first-order chi connectivity index (χ1) is 10.4. The van der Waals surface area contributed by atoms with Crippen molar-refractivity contribution in [2.45, 2.75) is 6.54 Å². The van der Waals surface area contributed by atoms with Crippen LogP contribution in [0.1, 0.15) is 5.56 Å². The molecule has 1 heterocycles. The Kier molecular flexibility index (Phi) is 5.52. The van der Waals surface area contributed by atoms with Gasteiger partial charge in [0.1, 0.15) is 0 Å². The normalized spacial score (nSPS) is 20.7. The summed E-state index contributed by atoms with van der Waals surface area (Å²) in [6, 6.07) is 9.24. The molecule has 1 aliphatic heterocycles. The number of rotatable bonds is 5. The Bertz CT molecular complexity index is 605. The molecule has 22 heavy (non-hydrogen) atoms. The van der Waals surface area contributed by atoms with E-state index in [4.69, 9.17) is 9.84 Å². The van der Waals surface area contributed by atoms with Crippen molar-refractivity contribution in [3.63, 3.8) is 0 Å². The van der Waals surface area contributed by atoms with Crippen LogP contribution < -0.4 is 0 Å². The zero-order chi connectivity index (χ0) is 16.2. The van der Waals surface area contributed by atoms with Crippen molar-refractivity contribution in [3.8, 4) is 0 Å². The van der Waals surface area contributed by atoms with E-state index < -0.39 is 22.1 Å². The molecule has 1 N–H and O–H groups in total. The molecule has 0 aliphatic carbocycles. The summed E-state index contributed by atoms with van der Waals surface area (Å²) >= 11 is 0. The molecule has 0 spiro atoms. The van der Waals surface area contributed by atoms with Crippen LogP contribution in [0.4, 0.5) is 0 Å². The Labute approximate surface area is 130 Å². The Morgan fingerprint density at radius 3 is 2.73 bits per heavy atom. The molecule has 1 aromatic rings. The van der Waals surface area contributed by atoms with Gasteiger partial charge < -0.3 is 9.84 Å². The van der Waals surface area contributed by atoms with Crippen LogP contribution in [0.25, 0.3) is 0 Å². The summed E-state index contributed by atoms with van der Waals surface area (Å²) < 4.78 is 32.8. The van der Waals surface area contributed by atoms with Gasteiger partial charge in [-0.3, -0.25) is 4.79 Å². The molecule has 1 unspecified atom stereocenters. The van der Waals surface area contributed by atoms with Crippen LogP contribution in [0.2, 0.25) is 0 Å². The fourth-order valence-corrected chi connectivity index (χ4v) is 3.64. The quantitative estimate of drug-likeness (QED) is 0.845. The summed E-state index contributed by atoms with van der Waals surface area (Å²) in [6.07, 6.45) is 0. The lowest BCUT2D eigenvalue weighted by Crippen LogP contribution is -2.45. The van der Waals surface area contributed by atoms with Gasteiger partial charge in [0, 0.05) is 26.7 Å². The van der Waals surface area contributed by atoms with Crippen molar-refractivity contribution in [2.24, 2.45) is 5.92 Å². The smallest absolute Gasteiger partial charge is 0.310 e. The molecule has 0 bridgehead atoms. The summed E-state index contributed by atoms with van der Waals surface area (Å²) in [5, 5.41) is 9.11. The van der Waals surface area contributed by atoms with Gasteiger partial charge in [0.15, 0.2) is 0 Å². The summed E-state index contributed by atoms with van der Waals surface area (Å²) in [5.41, 5.74) is 0.870. The molecule has 2 rings (SSSR count). The van der Waals surface area contributed by atoms with E-state index >= 15 is 0 Å². The Morgan fingerprint density at radius 1 is 1.41 bits per heavy atom. The number of carboxylic acid groups (broad SMARTS) is 1. The third-order valence-electron chi connectivity index (χ3n) is 3.55. The highest BCUT2D eigenvalue weighted by molar-refractivity contribution is 7.86. The van der Waals surface area contributed by atoms with Gasteiger partial charge in [-0.05, 0) is 5.56 Å². The maximum atomic E-state index is 12.6. The molecule has 0 radical (unpaired) electrons. The lowest BCUT2D eigenvalue weighted by atomic mass is 10.2. The van der Waals surface area contributed by atoms with E-state index in [2.05, 4.69) is 0 Å². The van der Waals surface area contributed by atoms with Crippen molar-refractivity contribution in [1.29, 1.82) is 0 Å². The molecule has 0 saturated carbocycles.